The first-order chi connectivity index (χ1) is 13.1. The molecule has 148 valence electrons. The van der Waals surface area contributed by atoms with Crippen molar-refractivity contribution in [2.75, 3.05) is 33.9 Å². The summed E-state index contributed by atoms with van der Waals surface area (Å²) in [7, 11) is 3.19. The van der Waals surface area contributed by atoms with Crippen LogP contribution in [0.25, 0.3) is 0 Å². The van der Waals surface area contributed by atoms with Gasteiger partial charge in [0.2, 0.25) is 5.91 Å². The molecule has 0 saturated carbocycles. The standard InChI is InChI=1S/C20H28N2O5/c1-4-13-27-20(24)21-16-9-11-22(12-10-16)19(23)8-6-15-5-7-17(25-2)18(14-15)26-3/h4-5,7,14,16H,1,6,8-13H2,2-3H3,(H,21,24). The van der Waals surface area contributed by atoms with E-state index in [2.05, 4.69) is 11.9 Å². The Morgan fingerprint density at radius 2 is 1.93 bits per heavy atom. The fraction of sp³-hybridized carbons (Fsp3) is 0.500. The van der Waals surface area contributed by atoms with Crippen LogP contribution in [-0.4, -0.2) is 56.9 Å². The summed E-state index contributed by atoms with van der Waals surface area (Å²) in [4.78, 5) is 25.9. The Morgan fingerprint density at radius 1 is 1.22 bits per heavy atom. The molecule has 27 heavy (non-hydrogen) atoms. The molecule has 0 atom stereocenters. The minimum absolute atomic E-state index is 0.0391. The monoisotopic (exact) mass is 376 g/mol. The highest BCUT2D eigenvalue weighted by molar-refractivity contribution is 5.76. The molecule has 0 unspecified atom stereocenters. The van der Waals surface area contributed by atoms with Gasteiger partial charge in [-0.2, -0.15) is 0 Å². The molecule has 1 aliphatic rings. The predicted molar refractivity (Wildman–Crippen MR) is 102 cm³/mol. The fourth-order valence-corrected chi connectivity index (χ4v) is 3.06. The van der Waals surface area contributed by atoms with E-state index in [-0.39, 0.29) is 18.6 Å². The Bertz CT molecular complexity index is 654. The number of ether oxygens (including phenoxy) is 3. The second-order valence-corrected chi connectivity index (χ2v) is 6.38. The smallest absolute Gasteiger partial charge is 0.407 e. The van der Waals surface area contributed by atoms with Crippen LogP contribution in [0.5, 0.6) is 11.5 Å². The second-order valence-electron chi connectivity index (χ2n) is 6.38. The van der Waals surface area contributed by atoms with E-state index in [0.29, 0.717) is 37.4 Å². The average Bonchev–Trinajstić information content (AvgIpc) is 2.70. The topological polar surface area (TPSA) is 77.1 Å². The molecule has 1 saturated heterocycles. The molecule has 7 nitrogen and oxygen atoms in total. The Morgan fingerprint density at radius 3 is 2.56 bits per heavy atom. The minimum atomic E-state index is -0.437. The number of likely N-dealkylation sites (tertiary alicyclic amines) is 1. The van der Waals surface area contributed by atoms with Gasteiger partial charge < -0.3 is 24.4 Å². The predicted octanol–water partition coefficient (Wildman–Crippen LogP) is 2.54. The number of hydrogen-bond acceptors (Lipinski definition) is 5. The summed E-state index contributed by atoms with van der Waals surface area (Å²) in [6.07, 6.45) is 3.63. The lowest BCUT2D eigenvalue weighted by Crippen LogP contribution is -2.46. The van der Waals surface area contributed by atoms with E-state index in [1.807, 2.05) is 23.1 Å². The van der Waals surface area contributed by atoms with E-state index in [4.69, 9.17) is 14.2 Å². The third kappa shape index (κ3) is 6.20. The van der Waals surface area contributed by atoms with Gasteiger partial charge in [-0.15, -0.1) is 0 Å². The van der Waals surface area contributed by atoms with E-state index >= 15 is 0 Å². The molecular weight excluding hydrogens is 348 g/mol. The SMILES string of the molecule is C=CCOC(=O)NC1CCN(C(=O)CCc2ccc(OC)c(OC)c2)CC1. The van der Waals surface area contributed by atoms with Gasteiger partial charge in [0, 0.05) is 25.6 Å². The van der Waals surface area contributed by atoms with E-state index in [9.17, 15) is 9.59 Å². The van der Waals surface area contributed by atoms with Gasteiger partial charge in [0.25, 0.3) is 0 Å². The molecule has 1 fully saturated rings. The van der Waals surface area contributed by atoms with Crippen molar-refractivity contribution in [1.29, 1.82) is 0 Å². The molecule has 1 aromatic rings. The zero-order chi connectivity index (χ0) is 19.6. The number of amides is 2. The first-order valence-corrected chi connectivity index (χ1v) is 9.10. The van der Waals surface area contributed by atoms with Gasteiger partial charge >= 0.3 is 6.09 Å². The lowest BCUT2D eigenvalue weighted by atomic mass is 10.0. The van der Waals surface area contributed by atoms with Crippen LogP contribution in [0.4, 0.5) is 4.79 Å². The van der Waals surface area contributed by atoms with E-state index in [0.717, 1.165) is 18.4 Å². The van der Waals surface area contributed by atoms with Crippen LogP contribution in [0.15, 0.2) is 30.9 Å². The molecule has 0 bridgehead atoms. The summed E-state index contributed by atoms with van der Waals surface area (Å²) in [5, 5.41) is 2.82. The number of carbonyl (C=O) groups is 2. The van der Waals surface area contributed by atoms with Crippen LogP contribution < -0.4 is 14.8 Å². The van der Waals surface area contributed by atoms with Crippen LogP contribution in [0.3, 0.4) is 0 Å². The maximum atomic E-state index is 12.5. The number of aryl methyl sites for hydroxylation is 1. The summed E-state index contributed by atoms with van der Waals surface area (Å²) in [6, 6.07) is 5.73. The summed E-state index contributed by atoms with van der Waals surface area (Å²) in [5.74, 6) is 1.46. The van der Waals surface area contributed by atoms with Crippen molar-refractivity contribution in [3.05, 3.63) is 36.4 Å². The Labute approximate surface area is 160 Å². The number of nitrogens with zero attached hydrogens (tertiary/aromatic N) is 1. The molecule has 1 aromatic carbocycles. The maximum Gasteiger partial charge on any atom is 0.407 e. The van der Waals surface area contributed by atoms with Crippen LogP contribution in [0.1, 0.15) is 24.8 Å². The van der Waals surface area contributed by atoms with Gasteiger partial charge in [-0.3, -0.25) is 4.79 Å². The molecular formula is C20H28N2O5. The fourth-order valence-electron chi connectivity index (χ4n) is 3.06. The van der Waals surface area contributed by atoms with Crippen molar-refractivity contribution in [3.8, 4) is 11.5 Å². The van der Waals surface area contributed by atoms with Crippen molar-refractivity contribution < 1.29 is 23.8 Å². The van der Waals surface area contributed by atoms with Gasteiger partial charge in [0.1, 0.15) is 6.61 Å². The average molecular weight is 376 g/mol. The second kappa shape index (κ2) is 10.4. The van der Waals surface area contributed by atoms with Crippen molar-refractivity contribution in [2.24, 2.45) is 0 Å². The lowest BCUT2D eigenvalue weighted by molar-refractivity contribution is -0.132. The largest absolute Gasteiger partial charge is 0.493 e. The molecule has 1 N–H and O–H groups in total. The number of hydrogen-bond donors (Lipinski definition) is 1. The lowest BCUT2D eigenvalue weighted by Gasteiger charge is -2.32. The van der Waals surface area contributed by atoms with Crippen molar-refractivity contribution >= 4 is 12.0 Å². The summed E-state index contributed by atoms with van der Waals surface area (Å²) in [5.41, 5.74) is 1.03. The molecule has 2 rings (SSSR count). The van der Waals surface area contributed by atoms with Crippen LogP contribution in [-0.2, 0) is 16.0 Å². The number of alkyl carbamates (subject to hydrolysis) is 1. The molecule has 0 aliphatic carbocycles. The third-order valence-electron chi connectivity index (χ3n) is 4.58. The van der Waals surface area contributed by atoms with Crippen LogP contribution in [0, 0.1) is 0 Å². The maximum absolute atomic E-state index is 12.5. The number of rotatable bonds is 8. The number of nitrogens with one attached hydrogen (secondary N) is 1. The number of piperidine rings is 1. The molecule has 0 spiro atoms. The van der Waals surface area contributed by atoms with Gasteiger partial charge in [-0.1, -0.05) is 18.7 Å². The summed E-state index contributed by atoms with van der Waals surface area (Å²) < 4.78 is 15.4. The molecule has 2 amide bonds. The zero-order valence-electron chi connectivity index (χ0n) is 16.0. The van der Waals surface area contributed by atoms with E-state index in [1.165, 1.54) is 6.08 Å². The molecule has 1 aliphatic heterocycles. The zero-order valence-corrected chi connectivity index (χ0v) is 16.0. The van der Waals surface area contributed by atoms with Crippen molar-refractivity contribution in [1.82, 2.24) is 10.2 Å². The van der Waals surface area contributed by atoms with Gasteiger partial charge in [-0.05, 0) is 37.0 Å². The first-order valence-electron chi connectivity index (χ1n) is 9.10. The van der Waals surface area contributed by atoms with Crippen molar-refractivity contribution in [2.45, 2.75) is 31.7 Å². The highest BCUT2D eigenvalue weighted by atomic mass is 16.5. The molecule has 7 heteroatoms. The van der Waals surface area contributed by atoms with Crippen LogP contribution in [0.2, 0.25) is 0 Å². The Kier molecular flexibility index (Phi) is 7.98. The summed E-state index contributed by atoms with van der Waals surface area (Å²) >= 11 is 0. The quantitative estimate of drug-likeness (QED) is 0.706. The highest BCUT2D eigenvalue weighted by Gasteiger charge is 2.24. The van der Waals surface area contributed by atoms with E-state index < -0.39 is 6.09 Å². The van der Waals surface area contributed by atoms with Gasteiger partial charge in [0.05, 0.1) is 14.2 Å². The summed E-state index contributed by atoms with van der Waals surface area (Å²) in [6.45, 7) is 4.97. The van der Waals surface area contributed by atoms with Gasteiger partial charge in [-0.25, -0.2) is 4.79 Å². The first kappa shape index (κ1) is 20.6. The number of carbonyl (C=O) groups excluding carboxylic acids is 2. The number of methoxy groups -OCH3 is 2. The third-order valence-corrected chi connectivity index (χ3v) is 4.58. The Balaban J connectivity index is 1.76. The number of benzene rings is 1. The minimum Gasteiger partial charge on any atom is -0.493 e. The normalized spacial score (nSPS) is 14.4. The molecule has 0 radical (unpaired) electrons. The van der Waals surface area contributed by atoms with Gasteiger partial charge in [0.15, 0.2) is 11.5 Å². The van der Waals surface area contributed by atoms with Crippen molar-refractivity contribution in [3.63, 3.8) is 0 Å². The van der Waals surface area contributed by atoms with Crippen LogP contribution >= 0.6 is 0 Å². The Hall–Kier alpha value is -2.70. The highest BCUT2D eigenvalue weighted by Crippen LogP contribution is 2.28. The van der Waals surface area contributed by atoms with E-state index in [1.54, 1.807) is 14.2 Å². The molecule has 1 heterocycles. The molecule has 0 aromatic heterocycles.